The van der Waals surface area contributed by atoms with Gasteiger partial charge in [0.25, 0.3) is 0 Å². The average molecular weight is 300 g/mol. The van der Waals surface area contributed by atoms with Crippen molar-refractivity contribution in [1.29, 1.82) is 0 Å². The van der Waals surface area contributed by atoms with Gasteiger partial charge in [0.15, 0.2) is 0 Å². The molecule has 2 N–H and O–H groups in total. The van der Waals surface area contributed by atoms with E-state index < -0.39 is 0 Å². The molecule has 0 saturated carbocycles. The van der Waals surface area contributed by atoms with E-state index >= 15 is 0 Å². The highest BCUT2D eigenvalue weighted by Gasteiger charge is 2.09. The molecule has 0 spiro atoms. The predicted molar refractivity (Wildman–Crippen MR) is 79.1 cm³/mol. The summed E-state index contributed by atoms with van der Waals surface area (Å²) in [6, 6.07) is 5.40. The molecule has 0 radical (unpaired) electrons. The third-order valence-electron chi connectivity index (χ3n) is 2.48. The lowest BCUT2D eigenvalue weighted by molar-refractivity contribution is 0.518. The van der Waals surface area contributed by atoms with Gasteiger partial charge in [0.2, 0.25) is 0 Å². The van der Waals surface area contributed by atoms with Crippen LogP contribution in [0.1, 0.15) is 19.1 Å². The molecule has 0 atom stereocenters. The molecule has 0 aliphatic rings. The zero-order chi connectivity index (χ0) is 13.7. The number of furan rings is 1. The van der Waals surface area contributed by atoms with Gasteiger partial charge in [-0.2, -0.15) is 0 Å². The number of hydrogen-bond acceptors (Lipinski definition) is 4. The average Bonchev–Trinajstić information content (AvgIpc) is 2.90. The Bertz CT molecular complexity index is 529. The summed E-state index contributed by atoms with van der Waals surface area (Å²) in [4.78, 5) is 4.38. The molecule has 0 aliphatic heterocycles. The van der Waals surface area contributed by atoms with Crippen molar-refractivity contribution < 1.29 is 4.42 Å². The minimum atomic E-state index is 0.485. The Hall–Kier alpha value is -1.39. The van der Waals surface area contributed by atoms with Gasteiger partial charge in [0.05, 0.1) is 22.9 Å². The van der Waals surface area contributed by atoms with E-state index in [4.69, 9.17) is 27.6 Å². The molecule has 2 aromatic rings. The molecule has 0 fully saturated rings. The van der Waals surface area contributed by atoms with Gasteiger partial charge in [-0.15, -0.1) is 0 Å². The molecule has 0 aliphatic carbocycles. The Morgan fingerprint density at radius 1 is 1.21 bits per heavy atom. The lowest BCUT2D eigenvalue weighted by Crippen LogP contribution is -2.06. The van der Waals surface area contributed by atoms with Crippen LogP contribution < -0.4 is 10.6 Å². The fraction of sp³-hybridized carbons (Fsp3) is 0.308. The van der Waals surface area contributed by atoms with Gasteiger partial charge in [-0.25, -0.2) is 4.98 Å². The highest BCUT2D eigenvalue weighted by atomic mass is 35.5. The molecule has 102 valence electrons. The standard InChI is InChI=1S/C13H15Cl2N3O/c1-2-5-16-12-10(14)7-11(15)13(18-12)17-8-9-4-3-6-19-9/h3-4,6-7H,2,5,8H2,1H3,(H2,16,17,18). The lowest BCUT2D eigenvalue weighted by atomic mass is 10.4. The van der Waals surface area contributed by atoms with Crippen molar-refractivity contribution in [2.75, 3.05) is 17.2 Å². The van der Waals surface area contributed by atoms with E-state index in [2.05, 4.69) is 22.5 Å². The van der Waals surface area contributed by atoms with Crippen LogP contribution in [0.5, 0.6) is 0 Å². The van der Waals surface area contributed by atoms with Gasteiger partial charge < -0.3 is 15.1 Å². The Morgan fingerprint density at radius 3 is 2.58 bits per heavy atom. The lowest BCUT2D eigenvalue weighted by Gasteiger charge is -2.11. The van der Waals surface area contributed by atoms with Gasteiger partial charge in [-0.05, 0) is 24.6 Å². The highest BCUT2D eigenvalue weighted by molar-refractivity contribution is 6.37. The Balaban J connectivity index is 2.10. The van der Waals surface area contributed by atoms with E-state index in [1.807, 2.05) is 12.1 Å². The van der Waals surface area contributed by atoms with E-state index in [1.54, 1.807) is 12.3 Å². The molecule has 6 heteroatoms. The molecule has 2 rings (SSSR count). The summed E-state index contributed by atoms with van der Waals surface area (Å²) in [6.07, 6.45) is 2.62. The summed E-state index contributed by atoms with van der Waals surface area (Å²) < 4.78 is 5.24. The van der Waals surface area contributed by atoms with E-state index in [-0.39, 0.29) is 0 Å². The second-order valence-corrected chi connectivity index (χ2v) is 4.82. The van der Waals surface area contributed by atoms with Gasteiger partial charge in [0, 0.05) is 6.54 Å². The van der Waals surface area contributed by atoms with Crippen molar-refractivity contribution in [2.45, 2.75) is 19.9 Å². The quantitative estimate of drug-likeness (QED) is 0.829. The summed E-state index contributed by atoms with van der Waals surface area (Å²) in [7, 11) is 0. The van der Waals surface area contributed by atoms with Crippen LogP contribution >= 0.6 is 23.2 Å². The largest absolute Gasteiger partial charge is 0.467 e. The maximum atomic E-state index is 6.11. The number of nitrogens with one attached hydrogen (secondary N) is 2. The normalized spacial score (nSPS) is 10.5. The van der Waals surface area contributed by atoms with Crippen LogP contribution in [0, 0.1) is 0 Å². The van der Waals surface area contributed by atoms with Crippen molar-refractivity contribution in [3.8, 4) is 0 Å². The molecule has 0 bridgehead atoms. The molecule has 0 aromatic carbocycles. The third-order valence-corrected chi connectivity index (χ3v) is 3.06. The first-order valence-electron chi connectivity index (χ1n) is 6.07. The van der Waals surface area contributed by atoms with Gasteiger partial charge >= 0.3 is 0 Å². The number of anilines is 2. The van der Waals surface area contributed by atoms with Crippen LogP contribution in [-0.4, -0.2) is 11.5 Å². The van der Waals surface area contributed by atoms with Gasteiger partial charge in [-0.1, -0.05) is 30.1 Å². The maximum Gasteiger partial charge on any atom is 0.147 e. The first kappa shape index (κ1) is 14.0. The second kappa shape index (κ2) is 6.68. The minimum absolute atomic E-state index is 0.485. The van der Waals surface area contributed by atoms with Crippen LogP contribution in [0.15, 0.2) is 28.9 Å². The molecule has 4 nitrogen and oxygen atoms in total. The summed E-state index contributed by atoms with van der Waals surface area (Å²) >= 11 is 12.2. The molecule has 0 amide bonds. The van der Waals surface area contributed by atoms with Crippen molar-refractivity contribution in [3.05, 3.63) is 40.3 Å². The number of pyridine rings is 1. The topological polar surface area (TPSA) is 50.1 Å². The number of halogens is 2. The van der Waals surface area contributed by atoms with Crippen LogP contribution in [0.25, 0.3) is 0 Å². The van der Waals surface area contributed by atoms with Crippen molar-refractivity contribution >= 4 is 34.8 Å². The van der Waals surface area contributed by atoms with E-state index in [0.29, 0.717) is 28.2 Å². The summed E-state index contributed by atoms with van der Waals surface area (Å²) in [5.74, 6) is 2.03. The maximum absolute atomic E-state index is 6.11. The molecule has 2 heterocycles. The number of hydrogen-bond donors (Lipinski definition) is 2. The van der Waals surface area contributed by atoms with Crippen LogP contribution in [0.4, 0.5) is 11.6 Å². The number of aromatic nitrogens is 1. The third kappa shape index (κ3) is 3.78. The number of nitrogens with zero attached hydrogens (tertiary/aromatic N) is 1. The monoisotopic (exact) mass is 299 g/mol. The van der Waals surface area contributed by atoms with Crippen LogP contribution in [0.2, 0.25) is 10.0 Å². The Morgan fingerprint density at radius 2 is 1.95 bits per heavy atom. The van der Waals surface area contributed by atoms with E-state index in [0.717, 1.165) is 18.7 Å². The van der Waals surface area contributed by atoms with Crippen molar-refractivity contribution in [1.82, 2.24) is 4.98 Å². The molecule has 2 aromatic heterocycles. The Kier molecular flexibility index (Phi) is 4.93. The fourth-order valence-corrected chi connectivity index (χ4v) is 2.03. The first-order valence-corrected chi connectivity index (χ1v) is 6.82. The van der Waals surface area contributed by atoms with Crippen molar-refractivity contribution in [3.63, 3.8) is 0 Å². The molecule has 0 saturated heterocycles. The number of rotatable bonds is 6. The zero-order valence-electron chi connectivity index (χ0n) is 10.5. The highest BCUT2D eigenvalue weighted by Crippen LogP contribution is 2.29. The van der Waals surface area contributed by atoms with Crippen LogP contribution in [0.3, 0.4) is 0 Å². The van der Waals surface area contributed by atoms with Crippen LogP contribution in [-0.2, 0) is 6.54 Å². The predicted octanol–water partition coefficient (Wildman–Crippen LogP) is 4.42. The fourth-order valence-electron chi connectivity index (χ4n) is 1.54. The molecular weight excluding hydrogens is 285 g/mol. The summed E-state index contributed by atoms with van der Waals surface area (Å²) in [6.45, 7) is 3.41. The first-order chi connectivity index (χ1) is 9.20. The Labute approximate surface area is 122 Å². The van der Waals surface area contributed by atoms with Crippen molar-refractivity contribution in [2.24, 2.45) is 0 Å². The zero-order valence-corrected chi connectivity index (χ0v) is 12.1. The second-order valence-electron chi connectivity index (χ2n) is 4.01. The van der Waals surface area contributed by atoms with Gasteiger partial charge in [0.1, 0.15) is 17.4 Å². The summed E-state index contributed by atoms with van der Waals surface area (Å²) in [5, 5.41) is 7.28. The minimum Gasteiger partial charge on any atom is -0.467 e. The molecular formula is C13H15Cl2N3O. The molecule has 0 unspecified atom stereocenters. The van der Waals surface area contributed by atoms with E-state index in [1.165, 1.54) is 0 Å². The van der Waals surface area contributed by atoms with E-state index in [9.17, 15) is 0 Å². The smallest absolute Gasteiger partial charge is 0.147 e. The molecule has 19 heavy (non-hydrogen) atoms. The summed E-state index contributed by atoms with van der Waals surface area (Å²) in [5.41, 5.74) is 0. The SMILES string of the molecule is CCCNc1nc(NCc2ccco2)c(Cl)cc1Cl. The van der Waals surface area contributed by atoms with Gasteiger partial charge in [-0.3, -0.25) is 0 Å².